The van der Waals surface area contributed by atoms with Gasteiger partial charge in [0.25, 0.3) is 5.91 Å². The Hall–Kier alpha value is -1.81. The summed E-state index contributed by atoms with van der Waals surface area (Å²) in [5.74, 6) is 0.205. The molecule has 1 aliphatic carbocycles. The van der Waals surface area contributed by atoms with Crippen molar-refractivity contribution in [1.29, 1.82) is 0 Å². The lowest BCUT2D eigenvalue weighted by atomic mass is 9.85. The van der Waals surface area contributed by atoms with Gasteiger partial charge in [-0.15, -0.1) is 10.2 Å². The van der Waals surface area contributed by atoms with E-state index in [4.69, 9.17) is 0 Å². The number of nitrogens with zero attached hydrogens (tertiary/aromatic N) is 4. The summed E-state index contributed by atoms with van der Waals surface area (Å²) in [6, 6.07) is 2.12. The van der Waals surface area contributed by atoms with Gasteiger partial charge in [-0.1, -0.05) is 11.8 Å². The lowest BCUT2D eigenvalue weighted by molar-refractivity contribution is -0.142. The Bertz CT molecular complexity index is 844. The minimum Gasteiger partial charge on any atom is -0.349 e. The fraction of sp³-hybridized carbons (Fsp3) is 0.611. The van der Waals surface area contributed by atoms with Crippen LogP contribution in [0.3, 0.4) is 0 Å². The van der Waals surface area contributed by atoms with E-state index in [2.05, 4.69) is 20.4 Å². The van der Waals surface area contributed by atoms with Crippen LogP contribution >= 0.6 is 11.8 Å². The molecule has 0 aromatic carbocycles. The molecule has 0 atom stereocenters. The Balaban J connectivity index is 1.79. The van der Waals surface area contributed by atoms with Crippen molar-refractivity contribution in [2.24, 2.45) is 5.92 Å². The van der Waals surface area contributed by atoms with Crippen molar-refractivity contribution in [1.82, 2.24) is 24.8 Å². The Labute approximate surface area is 165 Å². The third kappa shape index (κ3) is 4.43. The van der Waals surface area contributed by atoms with Crippen LogP contribution in [0, 0.1) is 5.92 Å². The number of nitrogens with one attached hydrogen (secondary N) is 1. The van der Waals surface area contributed by atoms with Gasteiger partial charge < -0.3 is 10.2 Å². The van der Waals surface area contributed by atoms with E-state index in [9.17, 15) is 18.0 Å². The highest BCUT2D eigenvalue weighted by molar-refractivity contribution is 7.98. The number of thioether (sulfide) groups is 1. The average Bonchev–Trinajstić information content (AvgIpc) is 3.05. The van der Waals surface area contributed by atoms with Crippen LogP contribution in [0.25, 0.3) is 5.65 Å². The van der Waals surface area contributed by atoms with Crippen molar-refractivity contribution in [3.63, 3.8) is 0 Å². The molecule has 0 unspecified atom stereocenters. The molecule has 0 bridgehead atoms. The smallest absolute Gasteiger partial charge is 0.349 e. The van der Waals surface area contributed by atoms with Crippen LogP contribution in [-0.2, 0) is 6.18 Å². The molecule has 1 amide bonds. The highest BCUT2D eigenvalue weighted by Gasteiger charge is 2.36. The van der Waals surface area contributed by atoms with E-state index in [0.717, 1.165) is 54.5 Å². The van der Waals surface area contributed by atoms with Crippen LogP contribution in [0.15, 0.2) is 17.3 Å². The van der Waals surface area contributed by atoms with Crippen LogP contribution in [0.4, 0.5) is 13.2 Å². The molecule has 0 saturated heterocycles. The monoisotopic (exact) mass is 415 g/mol. The molecule has 0 radical (unpaired) electrons. The lowest BCUT2D eigenvalue weighted by Crippen LogP contribution is -2.39. The number of amides is 1. The SMILES string of the molecule is CSc1nnc2c(C(=O)NC3CCC(CN(C)C)CC3)ccc(C(F)(F)F)n12. The topological polar surface area (TPSA) is 62.5 Å². The Morgan fingerprint density at radius 1 is 1.25 bits per heavy atom. The van der Waals surface area contributed by atoms with Crippen molar-refractivity contribution in [2.45, 2.75) is 43.1 Å². The standard InChI is InChI=1S/C18H24F3N5OS/c1-25(2)10-11-4-6-12(7-5-11)22-16(27)13-8-9-14(18(19,20)21)26-15(13)23-24-17(26)28-3/h8-9,11-12H,4-7,10H2,1-3H3,(H,22,27). The molecule has 1 saturated carbocycles. The van der Waals surface area contributed by atoms with Crippen LogP contribution in [-0.4, -0.2) is 58.3 Å². The molecule has 10 heteroatoms. The second kappa shape index (κ2) is 8.28. The summed E-state index contributed by atoms with van der Waals surface area (Å²) < 4.78 is 41.0. The molecule has 2 heterocycles. The van der Waals surface area contributed by atoms with Crippen LogP contribution in [0.5, 0.6) is 0 Å². The number of halogens is 3. The quantitative estimate of drug-likeness (QED) is 0.759. The zero-order valence-corrected chi connectivity index (χ0v) is 16.9. The lowest BCUT2D eigenvalue weighted by Gasteiger charge is -2.30. The number of rotatable bonds is 5. The number of alkyl halides is 3. The molecule has 2 aromatic heterocycles. The summed E-state index contributed by atoms with van der Waals surface area (Å²) in [7, 11) is 4.09. The predicted octanol–water partition coefficient (Wildman–Crippen LogP) is 3.32. The summed E-state index contributed by atoms with van der Waals surface area (Å²) in [6.07, 6.45) is 0.828. The Kier molecular flexibility index (Phi) is 6.18. The van der Waals surface area contributed by atoms with Crippen LogP contribution in [0.1, 0.15) is 41.7 Å². The summed E-state index contributed by atoms with van der Waals surface area (Å²) in [6.45, 7) is 1.03. The zero-order chi connectivity index (χ0) is 20.5. The fourth-order valence-electron chi connectivity index (χ4n) is 3.77. The Morgan fingerprint density at radius 2 is 1.93 bits per heavy atom. The maximum Gasteiger partial charge on any atom is 0.431 e. The van der Waals surface area contributed by atoms with Gasteiger partial charge in [0, 0.05) is 12.6 Å². The molecule has 154 valence electrons. The molecule has 3 rings (SSSR count). The van der Waals surface area contributed by atoms with Crippen molar-refractivity contribution in [3.05, 3.63) is 23.4 Å². The second-order valence-corrected chi connectivity index (χ2v) is 8.20. The first-order chi connectivity index (χ1) is 13.2. The molecular weight excluding hydrogens is 391 g/mol. The number of hydrogen-bond donors (Lipinski definition) is 1. The summed E-state index contributed by atoms with van der Waals surface area (Å²) in [4.78, 5) is 14.9. The van der Waals surface area contributed by atoms with Crippen LogP contribution in [0.2, 0.25) is 0 Å². The highest BCUT2D eigenvalue weighted by atomic mass is 32.2. The number of pyridine rings is 1. The molecule has 1 N–H and O–H groups in total. The number of fused-ring (bicyclic) bond motifs is 1. The number of hydrogen-bond acceptors (Lipinski definition) is 5. The zero-order valence-electron chi connectivity index (χ0n) is 16.1. The number of aromatic nitrogens is 3. The first-order valence-corrected chi connectivity index (χ1v) is 10.4. The number of carbonyl (C=O) groups excluding carboxylic acids is 1. The maximum absolute atomic E-state index is 13.4. The molecule has 0 spiro atoms. The van der Waals surface area contributed by atoms with E-state index in [1.165, 1.54) is 6.07 Å². The van der Waals surface area contributed by atoms with Gasteiger partial charge in [-0.3, -0.25) is 9.20 Å². The summed E-state index contributed by atoms with van der Waals surface area (Å²) in [5.41, 5.74) is -0.855. The van der Waals surface area contributed by atoms with E-state index < -0.39 is 17.8 Å². The van der Waals surface area contributed by atoms with Crippen molar-refractivity contribution < 1.29 is 18.0 Å². The number of carbonyl (C=O) groups is 1. The van der Waals surface area contributed by atoms with E-state index in [1.54, 1.807) is 6.26 Å². The summed E-state index contributed by atoms with van der Waals surface area (Å²) >= 11 is 1.05. The first-order valence-electron chi connectivity index (χ1n) is 9.15. The van der Waals surface area contributed by atoms with Gasteiger partial charge in [-0.2, -0.15) is 13.2 Å². The fourth-order valence-corrected chi connectivity index (χ4v) is 4.26. The molecule has 2 aromatic rings. The van der Waals surface area contributed by atoms with E-state index in [-0.39, 0.29) is 22.4 Å². The molecule has 28 heavy (non-hydrogen) atoms. The average molecular weight is 415 g/mol. The molecule has 1 aliphatic rings. The summed E-state index contributed by atoms with van der Waals surface area (Å²) in [5, 5.41) is 10.7. The highest BCUT2D eigenvalue weighted by Crippen LogP contribution is 2.33. The maximum atomic E-state index is 13.4. The van der Waals surface area contributed by atoms with Gasteiger partial charge >= 0.3 is 6.18 Å². The van der Waals surface area contributed by atoms with E-state index in [0.29, 0.717) is 5.92 Å². The van der Waals surface area contributed by atoms with Gasteiger partial charge in [0.15, 0.2) is 10.8 Å². The van der Waals surface area contributed by atoms with Crippen molar-refractivity contribution in [2.75, 3.05) is 26.9 Å². The normalized spacial score (nSPS) is 20.7. The first kappa shape index (κ1) is 20.9. The van der Waals surface area contributed by atoms with Crippen LogP contribution < -0.4 is 5.32 Å². The minimum atomic E-state index is -4.56. The van der Waals surface area contributed by atoms with Gasteiger partial charge in [-0.05, 0) is 64.1 Å². The second-order valence-electron chi connectivity index (χ2n) is 7.43. The minimum absolute atomic E-state index is 0.0243. The van der Waals surface area contributed by atoms with E-state index in [1.807, 2.05) is 14.1 Å². The predicted molar refractivity (Wildman–Crippen MR) is 102 cm³/mol. The Morgan fingerprint density at radius 3 is 2.50 bits per heavy atom. The molecule has 6 nitrogen and oxygen atoms in total. The van der Waals surface area contributed by atoms with Crippen molar-refractivity contribution in [3.8, 4) is 0 Å². The van der Waals surface area contributed by atoms with E-state index >= 15 is 0 Å². The third-order valence-electron chi connectivity index (χ3n) is 5.05. The largest absolute Gasteiger partial charge is 0.431 e. The molecule has 0 aliphatic heterocycles. The third-order valence-corrected chi connectivity index (χ3v) is 5.68. The van der Waals surface area contributed by atoms with Gasteiger partial charge in [0.1, 0.15) is 5.69 Å². The van der Waals surface area contributed by atoms with Crippen molar-refractivity contribution >= 4 is 23.3 Å². The van der Waals surface area contributed by atoms with Gasteiger partial charge in [-0.25, -0.2) is 0 Å². The van der Waals surface area contributed by atoms with Gasteiger partial charge in [0.2, 0.25) is 0 Å². The molecular formula is C18H24F3N5OS. The molecule has 1 fully saturated rings. The van der Waals surface area contributed by atoms with Gasteiger partial charge in [0.05, 0.1) is 5.56 Å².